The first kappa shape index (κ1) is 28.1. The molecule has 8 nitrogen and oxygen atoms in total. The molecule has 0 saturated heterocycles. The summed E-state index contributed by atoms with van der Waals surface area (Å²) >= 11 is 12.3. The summed E-state index contributed by atoms with van der Waals surface area (Å²) < 4.78 is 31.6. The standard InChI is InChI=1S/C25H31Cl2N3O5S/c1-17(25(32)28-20-8-4-5-9-20)29(15-18-7-6-10-21(13-18)35-2)24(31)16-30(36(3,33)34)23-14-19(26)11-12-22(23)27/h6-7,10-14,17,20H,4-5,8-9,15-16H2,1-3H3,(H,28,32). The Morgan fingerprint density at radius 2 is 1.83 bits per heavy atom. The molecule has 196 valence electrons. The second-order valence-corrected chi connectivity index (χ2v) is 11.7. The van der Waals surface area contributed by atoms with E-state index in [1.165, 1.54) is 23.1 Å². The van der Waals surface area contributed by atoms with Crippen LogP contribution >= 0.6 is 23.2 Å². The van der Waals surface area contributed by atoms with E-state index in [9.17, 15) is 18.0 Å². The zero-order valence-electron chi connectivity index (χ0n) is 20.5. The van der Waals surface area contributed by atoms with Crippen molar-refractivity contribution in [1.82, 2.24) is 10.2 Å². The van der Waals surface area contributed by atoms with E-state index in [2.05, 4.69) is 5.32 Å². The molecule has 1 aliphatic carbocycles. The summed E-state index contributed by atoms with van der Waals surface area (Å²) in [5.74, 6) is -0.246. The van der Waals surface area contributed by atoms with Crippen LogP contribution in [-0.2, 0) is 26.2 Å². The molecule has 11 heteroatoms. The average molecular weight is 557 g/mol. The first-order chi connectivity index (χ1) is 17.0. The smallest absolute Gasteiger partial charge is 0.244 e. The third kappa shape index (κ3) is 7.27. The van der Waals surface area contributed by atoms with Crippen LogP contribution in [0.4, 0.5) is 5.69 Å². The Kier molecular flexibility index (Phi) is 9.49. The molecule has 3 rings (SSSR count). The molecule has 2 aromatic rings. The van der Waals surface area contributed by atoms with E-state index >= 15 is 0 Å². The van der Waals surface area contributed by atoms with Crippen molar-refractivity contribution < 1.29 is 22.7 Å². The van der Waals surface area contributed by atoms with Crippen LogP contribution in [0.2, 0.25) is 10.0 Å². The van der Waals surface area contributed by atoms with Gasteiger partial charge in [-0.05, 0) is 55.7 Å². The first-order valence-electron chi connectivity index (χ1n) is 11.6. The maximum absolute atomic E-state index is 13.6. The summed E-state index contributed by atoms with van der Waals surface area (Å²) in [6.45, 7) is 1.17. The Hall–Kier alpha value is -2.49. The van der Waals surface area contributed by atoms with Crippen LogP contribution in [0.5, 0.6) is 5.75 Å². The molecule has 1 aliphatic rings. The van der Waals surface area contributed by atoms with Gasteiger partial charge in [0, 0.05) is 17.6 Å². The topological polar surface area (TPSA) is 96.0 Å². The molecule has 0 spiro atoms. The van der Waals surface area contributed by atoms with Gasteiger partial charge in [-0.25, -0.2) is 8.42 Å². The van der Waals surface area contributed by atoms with Gasteiger partial charge < -0.3 is 15.0 Å². The Balaban J connectivity index is 1.92. The third-order valence-electron chi connectivity index (χ3n) is 6.21. The molecule has 1 fully saturated rings. The lowest BCUT2D eigenvalue weighted by atomic mass is 10.1. The van der Waals surface area contributed by atoms with Crippen LogP contribution in [0.1, 0.15) is 38.2 Å². The van der Waals surface area contributed by atoms with Crippen LogP contribution < -0.4 is 14.4 Å². The third-order valence-corrected chi connectivity index (χ3v) is 7.89. The van der Waals surface area contributed by atoms with Crippen molar-refractivity contribution in [2.24, 2.45) is 0 Å². The maximum Gasteiger partial charge on any atom is 0.244 e. The lowest BCUT2D eigenvalue weighted by Gasteiger charge is -2.32. The summed E-state index contributed by atoms with van der Waals surface area (Å²) in [4.78, 5) is 28.1. The second-order valence-electron chi connectivity index (χ2n) is 8.90. The van der Waals surface area contributed by atoms with Gasteiger partial charge in [0.05, 0.1) is 24.1 Å². The summed E-state index contributed by atoms with van der Waals surface area (Å²) in [7, 11) is -2.37. The van der Waals surface area contributed by atoms with E-state index in [1.54, 1.807) is 32.2 Å². The fourth-order valence-corrected chi connectivity index (χ4v) is 5.50. The second kappa shape index (κ2) is 12.2. The van der Waals surface area contributed by atoms with Gasteiger partial charge >= 0.3 is 0 Å². The number of carbonyl (C=O) groups is 2. The molecule has 0 aliphatic heterocycles. The zero-order chi connectivity index (χ0) is 26.5. The quantitative estimate of drug-likeness (QED) is 0.472. The molecule has 0 radical (unpaired) electrons. The minimum absolute atomic E-state index is 0.0755. The average Bonchev–Trinajstić information content (AvgIpc) is 3.34. The Bertz CT molecular complexity index is 1200. The number of nitrogens with zero attached hydrogens (tertiary/aromatic N) is 2. The van der Waals surface area contributed by atoms with Gasteiger partial charge in [-0.3, -0.25) is 13.9 Å². The summed E-state index contributed by atoms with van der Waals surface area (Å²) in [6.07, 6.45) is 4.89. The lowest BCUT2D eigenvalue weighted by Crippen LogP contribution is -2.52. The van der Waals surface area contributed by atoms with Gasteiger partial charge in [0.2, 0.25) is 21.8 Å². The van der Waals surface area contributed by atoms with Crippen molar-refractivity contribution in [1.29, 1.82) is 0 Å². The summed E-state index contributed by atoms with van der Waals surface area (Å²) in [5.41, 5.74) is 0.819. The molecule has 0 bridgehead atoms. The highest BCUT2D eigenvalue weighted by Gasteiger charge is 2.32. The number of carbonyl (C=O) groups excluding carboxylic acids is 2. The number of anilines is 1. The van der Waals surface area contributed by atoms with E-state index < -0.39 is 28.5 Å². The van der Waals surface area contributed by atoms with E-state index in [0.29, 0.717) is 5.75 Å². The van der Waals surface area contributed by atoms with Crippen LogP contribution in [0, 0.1) is 0 Å². The monoisotopic (exact) mass is 555 g/mol. The molecule has 2 aromatic carbocycles. The van der Waals surface area contributed by atoms with Gasteiger partial charge in [0.15, 0.2) is 0 Å². The number of nitrogens with one attached hydrogen (secondary N) is 1. The highest BCUT2D eigenvalue weighted by atomic mass is 35.5. The van der Waals surface area contributed by atoms with Crippen molar-refractivity contribution in [2.75, 3.05) is 24.2 Å². The normalized spacial score (nSPS) is 14.8. The highest BCUT2D eigenvalue weighted by Crippen LogP contribution is 2.31. The van der Waals surface area contributed by atoms with Crippen molar-refractivity contribution in [3.05, 3.63) is 58.1 Å². The Morgan fingerprint density at radius 3 is 2.47 bits per heavy atom. The van der Waals surface area contributed by atoms with E-state index in [-0.39, 0.29) is 34.2 Å². The minimum atomic E-state index is -3.91. The number of halogens is 2. The molecule has 0 heterocycles. The summed E-state index contributed by atoms with van der Waals surface area (Å²) in [5, 5.41) is 3.43. The minimum Gasteiger partial charge on any atom is -0.497 e. The zero-order valence-corrected chi connectivity index (χ0v) is 22.9. The number of hydrogen-bond donors (Lipinski definition) is 1. The van der Waals surface area contributed by atoms with Gasteiger partial charge in [0.25, 0.3) is 0 Å². The number of amides is 2. The predicted molar refractivity (Wildman–Crippen MR) is 142 cm³/mol. The SMILES string of the molecule is COc1cccc(CN(C(=O)CN(c2cc(Cl)ccc2Cl)S(C)(=O)=O)C(C)C(=O)NC2CCCC2)c1. The van der Waals surface area contributed by atoms with E-state index in [4.69, 9.17) is 27.9 Å². The van der Waals surface area contributed by atoms with Crippen LogP contribution in [-0.4, -0.2) is 57.1 Å². The number of rotatable bonds is 10. The summed E-state index contributed by atoms with van der Waals surface area (Å²) in [6, 6.07) is 10.8. The molecule has 36 heavy (non-hydrogen) atoms. The van der Waals surface area contributed by atoms with Gasteiger partial charge in [-0.1, -0.05) is 48.2 Å². The van der Waals surface area contributed by atoms with E-state index in [1.807, 2.05) is 6.07 Å². The van der Waals surface area contributed by atoms with Gasteiger partial charge in [-0.2, -0.15) is 0 Å². The van der Waals surface area contributed by atoms with Crippen molar-refractivity contribution >= 4 is 50.7 Å². The number of ether oxygens (including phenoxy) is 1. The lowest BCUT2D eigenvalue weighted by molar-refractivity contribution is -0.139. The number of hydrogen-bond acceptors (Lipinski definition) is 5. The molecule has 1 atom stereocenters. The maximum atomic E-state index is 13.6. The molecule has 1 N–H and O–H groups in total. The number of benzene rings is 2. The highest BCUT2D eigenvalue weighted by molar-refractivity contribution is 7.92. The predicted octanol–water partition coefficient (Wildman–Crippen LogP) is 4.24. The molecular formula is C25H31Cl2N3O5S. The van der Waals surface area contributed by atoms with Crippen LogP contribution in [0.25, 0.3) is 0 Å². The molecule has 1 unspecified atom stereocenters. The van der Waals surface area contributed by atoms with Gasteiger partial charge in [-0.15, -0.1) is 0 Å². The van der Waals surface area contributed by atoms with E-state index in [0.717, 1.165) is 41.8 Å². The molecule has 2 amide bonds. The molecular weight excluding hydrogens is 525 g/mol. The first-order valence-corrected chi connectivity index (χ1v) is 14.3. The Morgan fingerprint density at radius 1 is 1.14 bits per heavy atom. The van der Waals surface area contributed by atoms with Crippen molar-refractivity contribution in [3.63, 3.8) is 0 Å². The van der Waals surface area contributed by atoms with Crippen molar-refractivity contribution in [3.8, 4) is 5.75 Å². The van der Waals surface area contributed by atoms with Crippen LogP contribution in [0.3, 0.4) is 0 Å². The number of methoxy groups -OCH3 is 1. The fourth-order valence-electron chi connectivity index (χ4n) is 4.21. The fraction of sp³-hybridized carbons (Fsp3) is 0.440. The van der Waals surface area contributed by atoms with Crippen LogP contribution in [0.15, 0.2) is 42.5 Å². The largest absolute Gasteiger partial charge is 0.497 e. The number of sulfonamides is 1. The van der Waals surface area contributed by atoms with Crippen molar-refractivity contribution in [2.45, 2.75) is 51.2 Å². The molecule has 0 aromatic heterocycles. The Labute approximate surface area is 222 Å². The molecule has 1 saturated carbocycles. The van der Waals surface area contributed by atoms with Gasteiger partial charge in [0.1, 0.15) is 18.3 Å².